The van der Waals surface area contributed by atoms with Crippen molar-refractivity contribution in [3.63, 3.8) is 0 Å². The minimum Gasteiger partial charge on any atom is -0.471 e. The van der Waals surface area contributed by atoms with Crippen LogP contribution in [0.1, 0.15) is 23.7 Å². The summed E-state index contributed by atoms with van der Waals surface area (Å²) in [4.78, 5) is 32.0. The number of piperidine rings is 1. The average Bonchev–Trinajstić information content (AvgIpc) is 2.93. The number of hydrogen-bond donors (Lipinski definition) is 5. The van der Waals surface area contributed by atoms with E-state index in [2.05, 4.69) is 11.6 Å². The van der Waals surface area contributed by atoms with Gasteiger partial charge in [-0.1, -0.05) is 18.2 Å². The van der Waals surface area contributed by atoms with Gasteiger partial charge in [0.25, 0.3) is 5.91 Å². The van der Waals surface area contributed by atoms with Crippen molar-refractivity contribution in [1.82, 2.24) is 9.88 Å². The number of benzene rings is 1. The Hall–Kier alpha value is -3.06. The average molecular weight is 527 g/mol. The summed E-state index contributed by atoms with van der Waals surface area (Å²) in [6, 6.07) is 6.95. The summed E-state index contributed by atoms with van der Waals surface area (Å²) in [5.74, 6) is -1.10. The van der Waals surface area contributed by atoms with Crippen LogP contribution in [0.25, 0.3) is 10.9 Å². The fourth-order valence-electron chi connectivity index (χ4n) is 6.19. The highest BCUT2D eigenvalue weighted by molar-refractivity contribution is 5.95. The van der Waals surface area contributed by atoms with Gasteiger partial charge in [0.15, 0.2) is 11.7 Å². The van der Waals surface area contributed by atoms with Crippen LogP contribution in [0.5, 0.6) is 0 Å². The van der Waals surface area contributed by atoms with Crippen LogP contribution in [-0.4, -0.2) is 86.4 Å². The van der Waals surface area contributed by atoms with Gasteiger partial charge in [0.2, 0.25) is 6.29 Å². The van der Waals surface area contributed by atoms with Gasteiger partial charge in [-0.15, -0.1) is 6.58 Å². The Bertz CT molecular complexity index is 1350. The number of H-pyrrole nitrogens is 1. The predicted molar refractivity (Wildman–Crippen MR) is 132 cm³/mol. The molecule has 1 aromatic heterocycles. The zero-order valence-electron chi connectivity index (χ0n) is 20.5. The van der Waals surface area contributed by atoms with Crippen molar-refractivity contribution >= 4 is 16.8 Å². The first-order chi connectivity index (χ1) is 18.3. The molecule has 202 valence electrons. The maximum absolute atomic E-state index is 13.6. The molecule has 0 radical (unpaired) electrons. The molecule has 4 aliphatic heterocycles. The Balaban J connectivity index is 1.31. The van der Waals surface area contributed by atoms with Gasteiger partial charge < -0.3 is 44.5 Å². The molecule has 1 amide bonds. The summed E-state index contributed by atoms with van der Waals surface area (Å²) in [6.07, 6.45) is -4.38. The van der Waals surface area contributed by atoms with Crippen molar-refractivity contribution in [3.8, 4) is 0 Å². The highest BCUT2D eigenvalue weighted by Gasteiger charge is 2.51. The molecule has 0 bridgehead atoms. The van der Waals surface area contributed by atoms with Crippen molar-refractivity contribution in [3.05, 3.63) is 70.2 Å². The first-order valence-corrected chi connectivity index (χ1v) is 12.7. The second kappa shape index (κ2) is 9.60. The van der Waals surface area contributed by atoms with Crippen LogP contribution < -0.4 is 5.43 Å². The van der Waals surface area contributed by atoms with Crippen LogP contribution in [0.15, 0.2) is 53.6 Å². The van der Waals surface area contributed by atoms with Gasteiger partial charge >= 0.3 is 0 Å². The fourth-order valence-corrected chi connectivity index (χ4v) is 6.19. The molecule has 0 spiro atoms. The smallest absolute Gasteiger partial charge is 0.253 e. The number of aliphatic hydroxyl groups is 4. The van der Waals surface area contributed by atoms with Crippen molar-refractivity contribution < 1.29 is 39.4 Å². The number of carbonyl (C=O) groups is 1. The summed E-state index contributed by atoms with van der Waals surface area (Å²) in [5.41, 5.74) is 2.56. The van der Waals surface area contributed by atoms with Gasteiger partial charge in [0.05, 0.1) is 24.5 Å². The number of aromatic nitrogens is 1. The van der Waals surface area contributed by atoms with E-state index in [0.29, 0.717) is 41.4 Å². The third kappa shape index (κ3) is 3.81. The number of aromatic amines is 1. The van der Waals surface area contributed by atoms with Crippen LogP contribution in [0, 0.1) is 11.8 Å². The van der Waals surface area contributed by atoms with Gasteiger partial charge in [-0.25, -0.2) is 0 Å². The molecule has 5 N–H and O–H groups in total. The monoisotopic (exact) mass is 526 g/mol. The Morgan fingerprint density at radius 2 is 1.92 bits per heavy atom. The van der Waals surface area contributed by atoms with E-state index >= 15 is 0 Å². The molecule has 2 saturated heterocycles. The quantitative estimate of drug-likeness (QED) is 0.341. The number of pyridine rings is 1. The summed E-state index contributed by atoms with van der Waals surface area (Å²) in [5, 5.41) is 40.7. The first-order valence-electron chi connectivity index (χ1n) is 12.7. The SMILES string of the molecule is C=CC1C(OC2OC(CO)C(O)C(O)C2O)OC=C2C(=O)N3CCc4c([nH]c5ccccc5c4=O)C3CC21. The maximum atomic E-state index is 13.6. The molecule has 11 nitrogen and oxygen atoms in total. The molecule has 9 atom stereocenters. The highest BCUT2D eigenvalue weighted by Crippen LogP contribution is 2.47. The van der Waals surface area contributed by atoms with Crippen LogP contribution in [0.4, 0.5) is 0 Å². The van der Waals surface area contributed by atoms with Crippen LogP contribution in [0.2, 0.25) is 0 Å². The van der Waals surface area contributed by atoms with Crippen molar-refractivity contribution in [2.75, 3.05) is 13.2 Å². The molecule has 6 rings (SSSR count). The molecule has 5 heterocycles. The zero-order valence-corrected chi connectivity index (χ0v) is 20.5. The third-order valence-corrected chi connectivity index (χ3v) is 8.23. The van der Waals surface area contributed by atoms with E-state index in [1.165, 1.54) is 6.26 Å². The minimum atomic E-state index is -1.60. The van der Waals surface area contributed by atoms with Crippen molar-refractivity contribution in [2.24, 2.45) is 11.8 Å². The molecule has 9 unspecified atom stereocenters. The molecule has 1 aromatic carbocycles. The lowest BCUT2D eigenvalue weighted by Gasteiger charge is -2.48. The van der Waals surface area contributed by atoms with E-state index < -0.39 is 49.5 Å². The lowest BCUT2D eigenvalue weighted by Crippen LogP contribution is -2.60. The standard InChI is InChI=1S/C27H30N2O9/c1-2-12-15-9-18-20-14(21(31)13-5-3-4-6-17(13)28-20)7-8-29(18)25(35)16(15)11-36-26(12)38-27-24(34)23(33)22(32)19(10-30)37-27/h2-6,11-12,15,18-19,22-24,26-27,30,32-34H,1,7-10H2,(H,28,31). The number of rotatable bonds is 4. The molecular formula is C27H30N2O9. The van der Waals surface area contributed by atoms with Crippen LogP contribution in [0.3, 0.4) is 0 Å². The summed E-state index contributed by atoms with van der Waals surface area (Å²) in [7, 11) is 0. The number of nitrogens with one attached hydrogen (secondary N) is 1. The molecule has 2 fully saturated rings. The fraction of sp³-hybridized carbons (Fsp3) is 0.481. The number of aliphatic hydroxyl groups excluding tert-OH is 4. The van der Waals surface area contributed by atoms with Gasteiger partial charge in [0.1, 0.15) is 24.4 Å². The third-order valence-electron chi connectivity index (χ3n) is 8.23. The van der Waals surface area contributed by atoms with E-state index in [4.69, 9.17) is 14.2 Å². The largest absolute Gasteiger partial charge is 0.471 e. The maximum Gasteiger partial charge on any atom is 0.253 e. The molecule has 2 aromatic rings. The Morgan fingerprint density at radius 1 is 1.13 bits per heavy atom. The number of ether oxygens (including phenoxy) is 3. The van der Waals surface area contributed by atoms with E-state index in [1.54, 1.807) is 17.0 Å². The number of hydrogen-bond acceptors (Lipinski definition) is 9. The Morgan fingerprint density at radius 3 is 2.68 bits per heavy atom. The summed E-state index contributed by atoms with van der Waals surface area (Å²) >= 11 is 0. The van der Waals surface area contributed by atoms with Gasteiger partial charge in [-0.2, -0.15) is 0 Å². The molecule has 4 aliphatic rings. The number of amides is 1. The molecule has 38 heavy (non-hydrogen) atoms. The zero-order chi connectivity index (χ0) is 26.7. The van der Waals surface area contributed by atoms with E-state index in [1.807, 2.05) is 18.2 Å². The number of fused-ring (bicyclic) bond motifs is 5. The van der Waals surface area contributed by atoms with E-state index in [-0.39, 0.29) is 23.3 Å². The molecule has 0 aliphatic carbocycles. The Labute approximate surface area is 217 Å². The number of para-hydroxylation sites is 1. The molecule has 0 saturated carbocycles. The lowest BCUT2D eigenvalue weighted by atomic mass is 9.74. The topological polar surface area (TPSA) is 162 Å². The Kier molecular flexibility index (Phi) is 6.37. The summed E-state index contributed by atoms with van der Waals surface area (Å²) in [6.45, 7) is 3.74. The summed E-state index contributed by atoms with van der Waals surface area (Å²) < 4.78 is 17.1. The number of nitrogens with zero attached hydrogens (tertiary/aromatic N) is 1. The second-order valence-corrected chi connectivity index (χ2v) is 10.2. The molecule has 11 heteroatoms. The van der Waals surface area contributed by atoms with Crippen molar-refractivity contribution in [1.29, 1.82) is 0 Å². The normalized spacial score (nSPS) is 36.5. The van der Waals surface area contributed by atoms with Gasteiger partial charge in [-0.05, 0) is 25.0 Å². The first kappa shape index (κ1) is 25.2. The molecular weight excluding hydrogens is 496 g/mol. The van der Waals surface area contributed by atoms with Crippen LogP contribution >= 0.6 is 0 Å². The van der Waals surface area contributed by atoms with E-state index in [9.17, 15) is 30.0 Å². The van der Waals surface area contributed by atoms with E-state index in [0.717, 1.165) is 5.69 Å². The number of carbonyl (C=O) groups excluding carboxylic acids is 1. The highest BCUT2D eigenvalue weighted by atomic mass is 16.8. The van der Waals surface area contributed by atoms with Gasteiger partial charge in [-0.3, -0.25) is 9.59 Å². The minimum absolute atomic E-state index is 0.0288. The van der Waals surface area contributed by atoms with Crippen LogP contribution in [-0.2, 0) is 25.4 Å². The van der Waals surface area contributed by atoms with Crippen molar-refractivity contribution in [2.45, 2.75) is 55.9 Å². The van der Waals surface area contributed by atoms with Gasteiger partial charge in [0, 0.05) is 40.5 Å². The second-order valence-electron chi connectivity index (χ2n) is 10.2. The lowest BCUT2D eigenvalue weighted by molar-refractivity contribution is -0.339. The predicted octanol–water partition coefficient (Wildman–Crippen LogP) is -0.167.